The molecule has 3 nitrogen and oxygen atoms in total. The summed E-state index contributed by atoms with van der Waals surface area (Å²) in [5.41, 5.74) is 0.873. The predicted molar refractivity (Wildman–Crippen MR) is 80.9 cm³/mol. The van der Waals surface area contributed by atoms with Gasteiger partial charge in [0, 0.05) is 6.42 Å². The molecule has 1 aromatic rings. The minimum atomic E-state index is 0.229. The second-order valence-electron chi connectivity index (χ2n) is 5.44. The van der Waals surface area contributed by atoms with Gasteiger partial charge >= 0.3 is 0 Å². The Morgan fingerprint density at radius 1 is 1.11 bits per heavy atom. The van der Waals surface area contributed by atoms with Gasteiger partial charge in [-0.1, -0.05) is 63.8 Å². The highest BCUT2D eigenvalue weighted by molar-refractivity contribution is 7.08. The molecule has 19 heavy (non-hydrogen) atoms. The Hall–Kier alpha value is -0.770. The van der Waals surface area contributed by atoms with Crippen LogP contribution in [-0.2, 0) is 0 Å². The normalized spacial score (nSPS) is 11.2. The van der Waals surface area contributed by atoms with Gasteiger partial charge in [0.2, 0.25) is 0 Å². The summed E-state index contributed by atoms with van der Waals surface area (Å²) < 4.78 is 3.91. The van der Waals surface area contributed by atoms with E-state index < -0.39 is 0 Å². The van der Waals surface area contributed by atoms with Crippen molar-refractivity contribution in [2.24, 2.45) is 0 Å². The third kappa shape index (κ3) is 5.81. The van der Waals surface area contributed by atoms with Gasteiger partial charge in [-0.3, -0.25) is 4.79 Å². The number of hydrogen-bond donors (Lipinski definition) is 0. The van der Waals surface area contributed by atoms with E-state index in [1.165, 1.54) is 50.1 Å². The number of unbranched alkanes of at least 4 members (excludes halogenated alkanes) is 6. The molecule has 0 aliphatic carbocycles. The molecule has 4 heteroatoms. The van der Waals surface area contributed by atoms with Crippen molar-refractivity contribution in [3.05, 3.63) is 10.6 Å². The number of ketones is 1. The van der Waals surface area contributed by atoms with Crippen molar-refractivity contribution in [2.75, 3.05) is 0 Å². The zero-order valence-electron chi connectivity index (χ0n) is 12.4. The smallest absolute Gasteiger partial charge is 0.176 e. The maximum absolute atomic E-state index is 12.1. The Labute approximate surface area is 121 Å². The lowest BCUT2D eigenvalue weighted by atomic mass is 10.0. The molecule has 0 fully saturated rings. The summed E-state index contributed by atoms with van der Waals surface area (Å²) in [5.74, 6) is 0.513. The second-order valence-corrected chi connectivity index (χ2v) is 6.19. The van der Waals surface area contributed by atoms with Crippen molar-refractivity contribution in [2.45, 2.75) is 78.1 Å². The van der Waals surface area contributed by atoms with Gasteiger partial charge in [-0.25, -0.2) is 0 Å². The third-order valence-electron chi connectivity index (χ3n) is 3.32. The van der Waals surface area contributed by atoms with Gasteiger partial charge in [0.15, 0.2) is 5.78 Å². The quantitative estimate of drug-likeness (QED) is 0.449. The van der Waals surface area contributed by atoms with Gasteiger partial charge in [0.05, 0.1) is 5.69 Å². The molecule has 0 aliphatic heterocycles. The zero-order chi connectivity index (χ0) is 14.1. The van der Waals surface area contributed by atoms with Crippen LogP contribution >= 0.6 is 11.5 Å². The number of hydrogen-bond acceptors (Lipinski definition) is 4. The summed E-state index contributed by atoms with van der Waals surface area (Å²) >= 11 is 1.25. The van der Waals surface area contributed by atoms with E-state index in [0.717, 1.165) is 17.0 Å². The highest BCUT2D eigenvalue weighted by Crippen LogP contribution is 2.22. The van der Waals surface area contributed by atoms with Crippen molar-refractivity contribution in [1.82, 2.24) is 9.59 Å². The fraction of sp³-hybridized carbons (Fsp3) is 0.800. The van der Waals surface area contributed by atoms with Crippen molar-refractivity contribution in [1.29, 1.82) is 0 Å². The topological polar surface area (TPSA) is 42.9 Å². The Balaban J connectivity index is 2.22. The van der Waals surface area contributed by atoms with Crippen LogP contribution in [0.3, 0.4) is 0 Å². The molecule has 0 aromatic carbocycles. The average Bonchev–Trinajstić information content (AvgIpc) is 2.87. The van der Waals surface area contributed by atoms with E-state index in [1.807, 2.05) is 0 Å². The van der Waals surface area contributed by atoms with Gasteiger partial charge in [0.1, 0.15) is 4.88 Å². The van der Waals surface area contributed by atoms with Crippen molar-refractivity contribution in [3.8, 4) is 0 Å². The second kappa shape index (κ2) is 9.18. The predicted octanol–water partition coefficient (Wildman–Crippen LogP) is 4.98. The third-order valence-corrected chi connectivity index (χ3v) is 4.10. The first kappa shape index (κ1) is 16.3. The highest BCUT2D eigenvalue weighted by atomic mass is 32.1. The Kier molecular flexibility index (Phi) is 7.87. The number of carbonyl (C=O) groups excluding carboxylic acids is 1. The first-order chi connectivity index (χ1) is 9.16. The highest BCUT2D eigenvalue weighted by Gasteiger charge is 2.17. The molecule has 0 N–H and O–H groups in total. The lowest BCUT2D eigenvalue weighted by Gasteiger charge is -2.03. The number of nitrogens with zero attached hydrogens (tertiary/aromatic N) is 2. The Bertz CT molecular complexity index is 374. The summed E-state index contributed by atoms with van der Waals surface area (Å²) in [5, 5.41) is 4.06. The molecule has 0 amide bonds. The molecule has 0 bridgehead atoms. The first-order valence-electron chi connectivity index (χ1n) is 7.52. The van der Waals surface area contributed by atoms with Crippen LogP contribution in [0.1, 0.15) is 93.4 Å². The van der Waals surface area contributed by atoms with Gasteiger partial charge in [-0.05, 0) is 23.9 Å². The lowest BCUT2D eigenvalue weighted by Crippen LogP contribution is -2.02. The minimum absolute atomic E-state index is 0.229. The summed E-state index contributed by atoms with van der Waals surface area (Å²) in [6.45, 7) is 6.34. The van der Waals surface area contributed by atoms with Crippen molar-refractivity contribution in [3.63, 3.8) is 0 Å². The van der Waals surface area contributed by atoms with Crippen LogP contribution in [0.25, 0.3) is 0 Å². The van der Waals surface area contributed by atoms with Gasteiger partial charge < -0.3 is 0 Å². The summed E-state index contributed by atoms with van der Waals surface area (Å²) in [7, 11) is 0. The van der Waals surface area contributed by atoms with Crippen LogP contribution < -0.4 is 0 Å². The minimum Gasteiger partial charge on any atom is -0.293 e. The Morgan fingerprint density at radius 2 is 1.74 bits per heavy atom. The molecule has 0 spiro atoms. The van der Waals surface area contributed by atoms with E-state index in [-0.39, 0.29) is 11.7 Å². The van der Waals surface area contributed by atoms with Gasteiger partial charge in [-0.2, -0.15) is 0 Å². The fourth-order valence-electron chi connectivity index (χ4n) is 2.13. The molecule has 1 aromatic heterocycles. The lowest BCUT2D eigenvalue weighted by molar-refractivity contribution is 0.0981. The summed E-state index contributed by atoms with van der Waals surface area (Å²) in [4.78, 5) is 12.9. The van der Waals surface area contributed by atoms with Crippen LogP contribution in [0.5, 0.6) is 0 Å². The molecule has 0 aliphatic rings. The SMILES string of the molecule is CCCCCCCCCC(=O)c1snnc1C(C)C. The van der Waals surface area contributed by atoms with E-state index in [9.17, 15) is 4.79 Å². The standard InChI is InChI=1S/C15H26N2OS/c1-4-5-6-7-8-9-10-11-13(18)15-14(12(2)3)16-17-19-15/h12H,4-11H2,1-3H3. The van der Waals surface area contributed by atoms with Crippen LogP contribution in [0, 0.1) is 0 Å². The zero-order valence-corrected chi connectivity index (χ0v) is 13.3. The Morgan fingerprint density at radius 3 is 2.37 bits per heavy atom. The first-order valence-corrected chi connectivity index (χ1v) is 8.29. The van der Waals surface area contributed by atoms with E-state index >= 15 is 0 Å². The summed E-state index contributed by atoms with van der Waals surface area (Å²) in [6, 6.07) is 0. The van der Waals surface area contributed by atoms with E-state index in [2.05, 4.69) is 30.4 Å². The van der Waals surface area contributed by atoms with Gasteiger partial charge in [0.25, 0.3) is 0 Å². The van der Waals surface area contributed by atoms with E-state index in [4.69, 9.17) is 0 Å². The number of Topliss-reactive ketones (excluding diaryl/α,β-unsaturated/α-hetero) is 1. The maximum Gasteiger partial charge on any atom is 0.176 e. The van der Waals surface area contributed by atoms with E-state index in [1.54, 1.807) is 0 Å². The van der Waals surface area contributed by atoms with Crippen LogP contribution in [-0.4, -0.2) is 15.4 Å². The largest absolute Gasteiger partial charge is 0.293 e. The molecular weight excluding hydrogens is 256 g/mol. The molecule has 108 valence electrons. The molecule has 0 atom stereocenters. The molecule has 0 saturated carbocycles. The average molecular weight is 282 g/mol. The molecule has 0 saturated heterocycles. The fourth-order valence-corrected chi connectivity index (χ4v) is 2.91. The monoisotopic (exact) mass is 282 g/mol. The van der Waals surface area contributed by atoms with Crippen molar-refractivity contribution >= 4 is 17.3 Å². The molecule has 1 heterocycles. The van der Waals surface area contributed by atoms with Gasteiger partial charge in [-0.15, -0.1) is 5.10 Å². The maximum atomic E-state index is 12.1. The summed E-state index contributed by atoms with van der Waals surface area (Å²) in [6.07, 6.45) is 9.34. The number of aromatic nitrogens is 2. The molecule has 1 rings (SSSR count). The molecular formula is C15H26N2OS. The number of rotatable bonds is 10. The van der Waals surface area contributed by atoms with Crippen LogP contribution in [0.4, 0.5) is 0 Å². The number of carbonyl (C=O) groups is 1. The van der Waals surface area contributed by atoms with Crippen LogP contribution in [0.2, 0.25) is 0 Å². The van der Waals surface area contributed by atoms with Crippen molar-refractivity contribution < 1.29 is 4.79 Å². The van der Waals surface area contributed by atoms with Crippen LogP contribution in [0.15, 0.2) is 0 Å². The van der Waals surface area contributed by atoms with E-state index in [0.29, 0.717) is 6.42 Å². The molecule has 0 radical (unpaired) electrons. The molecule has 0 unspecified atom stereocenters.